The van der Waals surface area contributed by atoms with Crippen molar-refractivity contribution in [2.45, 2.75) is 44.6 Å². The van der Waals surface area contributed by atoms with Crippen LogP contribution in [0.15, 0.2) is 23.1 Å². The van der Waals surface area contributed by atoms with Crippen molar-refractivity contribution in [1.29, 1.82) is 0 Å². The van der Waals surface area contributed by atoms with Crippen molar-refractivity contribution >= 4 is 15.9 Å². The Morgan fingerprint density at radius 2 is 1.82 bits per heavy atom. The first kappa shape index (κ1) is 17.0. The molecule has 0 aromatic heterocycles. The first-order chi connectivity index (χ1) is 10.2. The normalized spacial score (nSPS) is 17.5. The van der Waals surface area contributed by atoms with Crippen molar-refractivity contribution < 1.29 is 13.2 Å². The summed E-state index contributed by atoms with van der Waals surface area (Å²) < 4.78 is 27.2. The highest BCUT2D eigenvalue weighted by Crippen LogP contribution is 2.25. The molecule has 0 atom stereocenters. The predicted molar refractivity (Wildman–Crippen MR) is 86.1 cm³/mol. The van der Waals surface area contributed by atoms with E-state index >= 15 is 0 Å². The zero-order valence-electron chi connectivity index (χ0n) is 13.7. The molecular formula is C16H24N2O3S. The first-order valence-corrected chi connectivity index (χ1v) is 8.98. The molecule has 1 aliphatic rings. The second-order valence-corrected chi connectivity index (χ2v) is 7.94. The van der Waals surface area contributed by atoms with E-state index in [1.165, 1.54) is 0 Å². The lowest BCUT2D eigenvalue weighted by molar-refractivity contribution is -0.130. The number of carbonyl (C=O) groups excluding carboxylic acids is 1. The molecule has 1 aliphatic heterocycles. The second kappa shape index (κ2) is 6.38. The largest absolute Gasteiger partial charge is 0.343 e. The van der Waals surface area contributed by atoms with E-state index in [4.69, 9.17) is 0 Å². The van der Waals surface area contributed by atoms with Crippen LogP contribution < -0.4 is 0 Å². The van der Waals surface area contributed by atoms with Crippen molar-refractivity contribution in [3.8, 4) is 0 Å². The van der Waals surface area contributed by atoms with Crippen LogP contribution in [0.4, 0.5) is 0 Å². The average molecular weight is 324 g/mol. The van der Waals surface area contributed by atoms with E-state index in [-0.39, 0.29) is 11.9 Å². The summed E-state index contributed by atoms with van der Waals surface area (Å²) in [5.41, 5.74) is 1.71. The van der Waals surface area contributed by atoms with E-state index in [0.29, 0.717) is 30.8 Å². The van der Waals surface area contributed by atoms with Gasteiger partial charge in [0, 0.05) is 33.1 Å². The van der Waals surface area contributed by atoms with Crippen LogP contribution in [0.5, 0.6) is 0 Å². The van der Waals surface area contributed by atoms with Crippen LogP contribution in [-0.4, -0.2) is 49.7 Å². The Balaban J connectivity index is 2.16. The molecule has 1 fully saturated rings. The fourth-order valence-electron chi connectivity index (χ4n) is 2.85. The molecule has 122 valence electrons. The lowest BCUT2D eigenvalue weighted by Crippen LogP contribution is -2.46. The maximum absolute atomic E-state index is 12.8. The Hall–Kier alpha value is -1.40. The highest BCUT2D eigenvalue weighted by Gasteiger charge is 2.32. The Kier molecular flexibility index (Phi) is 4.92. The minimum atomic E-state index is -3.45. The number of sulfonamides is 1. The van der Waals surface area contributed by atoms with Crippen LogP contribution in [-0.2, 0) is 14.8 Å². The fraction of sp³-hybridized carbons (Fsp3) is 0.562. The summed E-state index contributed by atoms with van der Waals surface area (Å²) in [6.07, 6.45) is 1.36. The Morgan fingerprint density at radius 1 is 1.23 bits per heavy atom. The lowest BCUT2D eigenvalue weighted by Gasteiger charge is -2.35. The first-order valence-electron chi connectivity index (χ1n) is 7.54. The molecule has 6 heteroatoms. The van der Waals surface area contributed by atoms with E-state index in [2.05, 4.69) is 0 Å². The molecule has 0 N–H and O–H groups in total. The van der Waals surface area contributed by atoms with E-state index in [9.17, 15) is 13.2 Å². The second-order valence-electron chi connectivity index (χ2n) is 6.03. The highest BCUT2D eigenvalue weighted by molar-refractivity contribution is 7.89. The topological polar surface area (TPSA) is 57.7 Å². The van der Waals surface area contributed by atoms with Gasteiger partial charge in [0.05, 0.1) is 4.90 Å². The average Bonchev–Trinajstić information content (AvgIpc) is 2.48. The van der Waals surface area contributed by atoms with E-state index in [1.54, 1.807) is 29.2 Å². The number of rotatable bonds is 3. The van der Waals surface area contributed by atoms with Gasteiger partial charge in [-0.3, -0.25) is 4.79 Å². The van der Waals surface area contributed by atoms with Crippen molar-refractivity contribution in [2.24, 2.45) is 0 Å². The van der Waals surface area contributed by atoms with Gasteiger partial charge in [0.1, 0.15) is 0 Å². The highest BCUT2D eigenvalue weighted by atomic mass is 32.2. The van der Waals surface area contributed by atoms with Crippen LogP contribution in [0.25, 0.3) is 0 Å². The number of carbonyl (C=O) groups is 1. The molecule has 5 nitrogen and oxygen atoms in total. The third-order valence-electron chi connectivity index (χ3n) is 4.43. The summed E-state index contributed by atoms with van der Waals surface area (Å²) in [5.74, 6) is 0.0239. The minimum Gasteiger partial charge on any atom is -0.343 e. The number of hydrogen-bond acceptors (Lipinski definition) is 3. The summed E-state index contributed by atoms with van der Waals surface area (Å²) in [6, 6.07) is 5.63. The molecule has 1 amide bonds. The van der Waals surface area contributed by atoms with E-state index in [1.807, 2.05) is 26.0 Å². The van der Waals surface area contributed by atoms with Crippen LogP contribution in [0.3, 0.4) is 0 Å². The third kappa shape index (κ3) is 3.33. The van der Waals surface area contributed by atoms with Crippen molar-refractivity contribution in [2.75, 3.05) is 20.1 Å². The van der Waals surface area contributed by atoms with Gasteiger partial charge in [-0.2, -0.15) is 4.31 Å². The molecule has 1 saturated heterocycles. The van der Waals surface area contributed by atoms with Gasteiger partial charge in [-0.25, -0.2) is 8.42 Å². The Morgan fingerprint density at radius 3 is 2.36 bits per heavy atom. The molecule has 1 aromatic carbocycles. The molecule has 2 rings (SSSR count). The van der Waals surface area contributed by atoms with Gasteiger partial charge in [0.15, 0.2) is 0 Å². The Labute approximate surface area is 133 Å². The third-order valence-corrected chi connectivity index (χ3v) is 6.47. The van der Waals surface area contributed by atoms with Gasteiger partial charge >= 0.3 is 0 Å². The van der Waals surface area contributed by atoms with Gasteiger partial charge in [0.2, 0.25) is 15.9 Å². The Bertz CT molecular complexity index is 662. The molecule has 0 aliphatic carbocycles. The molecule has 0 bridgehead atoms. The van der Waals surface area contributed by atoms with Crippen LogP contribution in [0.1, 0.15) is 30.9 Å². The van der Waals surface area contributed by atoms with Crippen molar-refractivity contribution in [3.63, 3.8) is 0 Å². The molecule has 1 aromatic rings. The summed E-state index contributed by atoms with van der Waals surface area (Å²) in [5, 5.41) is 0. The van der Waals surface area contributed by atoms with Crippen LogP contribution in [0.2, 0.25) is 0 Å². The zero-order valence-corrected chi connectivity index (χ0v) is 14.5. The standard InChI is InChI=1S/C16H24N2O3S/c1-12-5-6-13(2)16(11-12)22(20,21)18-9-7-15(8-10-18)17(4)14(3)19/h5-6,11,15H,7-10H2,1-4H3. The number of nitrogens with zero attached hydrogens (tertiary/aromatic N) is 2. The maximum Gasteiger partial charge on any atom is 0.243 e. The number of hydrogen-bond donors (Lipinski definition) is 0. The lowest BCUT2D eigenvalue weighted by atomic mass is 10.1. The van der Waals surface area contributed by atoms with Crippen LogP contribution in [0, 0.1) is 13.8 Å². The molecule has 0 radical (unpaired) electrons. The van der Waals surface area contributed by atoms with Crippen LogP contribution >= 0.6 is 0 Å². The molecule has 0 spiro atoms. The molecule has 22 heavy (non-hydrogen) atoms. The van der Waals surface area contributed by atoms with Gasteiger partial charge in [0.25, 0.3) is 0 Å². The van der Waals surface area contributed by atoms with E-state index < -0.39 is 10.0 Å². The minimum absolute atomic E-state index is 0.0239. The van der Waals surface area contributed by atoms with Gasteiger partial charge in [-0.1, -0.05) is 12.1 Å². The van der Waals surface area contributed by atoms with Gasteiger partial charge < -0.3 is 4.90 Å². The van der Waals surface area contributed by atoms with Crippen molar-refractivity contribution in [1.82, 2.24) is 9.21 Å². The molecule has 1 heterocycles. The smallest absolute Gasteiger partial charge is 0.243 e. The predicted octanol–water partition coefficient (Wildman–Crippen LogP) is 1.93. The SMILES string of the molecule is CC(=O)N(C)C1CCN(S(=O)(=O)c2cc(C)ccc2C)CC1. The molecular weight excluding hydrogens is 300 g/mol. The quantitative estimate of drug-likeness (QED) is 0.854. The zero-order chi connectivity index (χ0) is 16.5. The number of amides is 1. The molecule has 0 unspecified atom stereocenters. The summed E-state index contributed by atoms with van der Waals surface area (Å²) in [6.45, 7) is 6.17. The summed E-state index contributed by atoms with van der Waals surface area (Å²) >= 11 is 0. The van der Waals surface area contributed by atoms with Crippen molar-refractivity contribution in [3.05, 3.63) is 29.3 Å². The fourth-order valence-corrected chi connectivity index (χ4v) is 4.63. The van der Waals surface area contributed by atoms with Gasteiger partial charge in [-0.15, -0.1) is 0 Å². The number of aryl methyl sites for hydroxylation is 2. The maximum atomic E-state index is 12.8. The van der Waals surface area contributed by atoms with Gasteiger partial charge in [-0.05, 0) is 43.9 Å². The summed E-state index contributed by atoms with van der Waals surface area (Å²) in [4.78, 5) is 13.5. The number of benzene rings is 1. The van der Waals surface area contributed by atoms with E-state index in [0.717, 1.165) is 11.1 Å². The molecule has 0 saturated carbocycles. The summed E-state index contributed by atoms with van der Waals surface area (Å²) in [7, 11) is -1.68. The number of piperidine rings is 1. The monoisotopic (exact) mass is 324 g/mol.